The van der Waals surface area contributed by atoms with Gasteiger partial charge >= 0.3 is 0 Å². The molecule has 2 fully saturated rings. The fraction of sp³-hybridized carbons (Fsp3) is 0.571. The molecular formula is C14H17F2NO2. The lowest BCUT2D eigenvalue weighted by Crippen LogP contribution is -2.38. The van der Waals surface area contributed by atoms with Crippen LogP contribution in [0.5, 0.6) is 5.75 Å². The van der Waals surface area contributed by atoms with Gasteiger partial charge in [-0.2, -0.15) is 0 Å². The molecule has 0 radical (unpaired) electrons. The van der Waals surface area contributed by atoms with Crippen molar-refractivity contribution in [2.24, 2.45) is 0 Å². The first kappa shape index (κ1) is 12.7. The van der Waals surface area contributed by atoms with E-state index in [0.29, 0.717) is 26.3 Å². The van der Waals surface area contributed by atoms with Crippen LogP contribution in [0.2, 0.25) is 0 Å². The summed E-state index contributed by atoms with van der Waals surface area (Å²) in [6.45, 7) is 2.39. The molecule has 0 aromatic heterocycles. The van der Waals surface area contributed by atoms with E-state index in [1.54, 1.807) is 4.90 Å². The lowest BCUT2D eigenvalue weighted by atomic mass is 10.1. The predicted molar refractivity (Wildman–Crippen MR) is 67.7 cm³/mol. The third-order valence-electron chi connectivity index (χ3n) is 3.57. The summed E-state index contributed by atoms with van der Waals surface area (Å²) in [5.74, 6) is -0.849. The van der Waals surface area contributed by atoms with Gasteiger partial charge in [-0.05, 0) is 19.3 Å². The van der Waals surface area contributed by atoms with Crippen LogP contribution < -0.4 is 9.64 Å². The molecule has 1 aromatic rings. The van der Waals surface area contributed by atoms with E-state index in [0.717, 1.165) is 19.3 Å². The highest BCUT2D eigenvalue weighted by atomic mass is 19.1. The molecule has 0 aliphatic carbocycles. The molecule has 2 saturated heterocycles. The van der Waals surface area contributed by atoms with E-state index < -0.39 is 11.6 Å². The zero-order valence-corrected chi connectivity index (χ0v) is 10.7. The van der Waals surface area contributed by atoms with Crippen molar-refractivity contribution in [2.45, 2.75) is 25.4 Å². The monoisotopic (exact) mass is 269 g/mol. The first-order valence-electron chi connectivity index (χ1n) is 6.72. The Labute approximate surface area is 111 Å². The Morgan fingerprint density at radius 3 is 2.21 bits per heavy atom. The van der Waals surface area contributed by atoms with Crippen molar-refractivity contribution in [3.63, 3.8) is 0 Å². The van der Waals surface area contributed by atoms with Crippen LogP contribution in [0.4, 0.5) is 14.5 Å². The molecule has 5 heteroatoms. The second kappa shape index (κ2) is 5.33. The summed E-state index contributed by atoms with van der Waals surface area (Å²) in [6.07, 6.45) is 3.01. The molecule has 104 valence electrons. The molecule has 0 spiro atoms. The molecule has 0 bridgehead atoms. The number of hydrogen-bond donors (Lipinski definition) is 0. The molecule has 3 nitrogen and oxygen atoms in total. The Kier molecular flexibility index (Phi) is 3.55. The summed E-state index contributed by atoms with van der Waals surface area (Å²) >= 11 is 0. The standard InChI is InChI=1S/C14H17F2NO2/c15-12-6-10(19-11-8-18-9-11)7-13(16)14(12)17-4-2-1-3-5-17/h6-7,11H,1-5,8-9H2. The maximum absolute atomic E-state index is 14.1. The summed E-state index contributed by atoms with van der Waals surface area (Å²) in [5.41, 5.74) is 0.0805. The Morgan fingerprint density at radius 1 is 1.05 bits per heavy atom. The Bertz CT molecular complexity index is 434. The van der Waals surface area contributed by atoms with Crippen LogP contribution in [-0.2, 0) is 4.74 Å². The lowest BCUT2D eigenvalue weighted by Gasteiger charge is -2.30. The van der Waals surface area contributed by atoms with Crippen LogP contribution in [0.15, 0.2) is 12.1 Å². The van der Waals surface area contributed by atoms with Gasteiger partial charge in [0.2, 0.25) is 0 Å². The zero-order valence-electron chi connectivity index (χ0n) is 10.7. The Balaban J connectivity index is 1.80. The molecule has 19 heavy (non-hydrogen) atoms. The molecule has 2 heterocycles. The molecule has 0 amide bonds. The number of hydrogen-bond acceptors (Lipinski definition) is 3. The summed E-state index contributed by atoms with van der Waals surface area (Å²) in [7, 11) is 0. The molecule has 0 saturated carbocycles. The smallest absolute Gasteiger partial charge is 0.153 e. The van der Waals surface area contributed by atoms with Gasteiger partial charge in [0.25, 0.3) is 0 Å². The third-order valence-corrected chi connectivity index (χ3v) is 3.57. The molecule has 0 unspecified atom stereocenters. The SMILES string of the molecule is Fc1cc(OC2COC2)cc(F)c1N1CCCCC1. The van der Waals surface area contributed by atoms with Crippen molar-refractivity contribution in [1.29, 1.82) is 0 Å². The summed E-state index contributed by atoms with van der Waals surface area (Å²) in [4.78, 5) is 1.78. The van der Waals surface area contributed by atoms with E-state index in [-0.39, 0.29) is 17.5 Å². The molecule has 3 rings (SSSR count). The second-order valence-corrected chi connectivity index (χ2v) is 5.06. The minimum absolute atomic E-state index is 0.0805. The van der Waals surface area contributed by atoms with Gasteiger partial charge in [0.05, 0.1) is 13.2 Å². The van der Waals surface area contributed by atoms with Crippen LogP contribution in [0.3, 0.4) is 0 Å². The molecule has 0 atom stereocenters. The highest BCUT2D eigenvalue weighted by molar-refractivity contribution is 5.52. The first-order valence-corrected chi connectivity index (χ1v) is 6.72. The normalized spacial score (nSPS) is 20.2. The molecule has 1 aromatic carbocycles. The van der Waals surface area contributed by atoms with Crippen LogP contribution >= 0.6 is 0 Å². The zero-order chi connectivity index (χ0) is 13.2. The highest BCUT2D eigenvalue weighted by Gasteiger charge is 2.23. The largest absolute Gasteiger partial charge is 0.485 e. The van der Waals surface area contributed by atoms with Gasteiger partial charge in [0.15, 0.2) is 11.6 Å². The highest BCUT2D eigenvalue weighted by Crippen LogP contribution is 2.31. The van der Waals surface area contributed by atoms with Crippen molar-refractivity contribution >= 4 is 5.69 Å². The third kappa shape index (κ3) is 2.66. The Morgan fingerprint density at radius 2 is 1.68 bits per heavy atom. The predicted octanol–water partition coefficient (Wildman–Crippen LogP) is 2.73. The van der Waals surface area contributed by atoms with E-state index in [4.69, 9.17) is 9.47 Å². The van der Waals surface area contributed by atoms with Crippen molar-refractivity contribution in [3.05, 3.63) is 23.8 Å². The summed E-state index contributed by atoms with van der Waals surface area (Å²) in [5, 5.41) is 0. The van der Waals surface area contributed by atoms with Crippen molar-refractivity contribution in [2.75, 3.05) is 31.2 Å². The lowest BCUT2D eigenvalue weighted by molar-refractivity contribution is -0.0798. The van der Waals surface area contributed by atoms with E-state index in [1.165, 1.54) is 12.1 Å². The number of ether oxygens (including phenoxy) is 2. The van der Waals surface area contributed by atoms with E-state index in [1.807, 2.05) is 0 Å². The van der Waals surface area contributed by atoms with Crippen LogP contribution in [0.1, 0.15) is 19.3 Å². The van der Waals surface area contributed by atoms with E-state index in [9.17, 15) is 8.78 Å². The minimum atomic E-state index is -0.544. The number of benzene rings is 1. The summed E-state index contributed by atoms with van der Waals surface area (Å²) < 4.78 is 38.5. The van der Waals surface area contributed by atoms with E-state index in [2.05, 4.69) is 0 Å². The number of nitrogens with zero attached hydrogens (tertiary/aromatic N) is 1. The van der Waals surface area contributed by atoms with Crippen molar-refractivity contribution in [1.82, 2.24) is 0 Å². The van der Waals surface area contributed by atoms with Crippen molar-refractivity contribution in [3.8, 4) is 5.75 Å². The maximum Gasteiger partial charge on any atom is 0.153 e. The topological polar surface area (TPSA) is 21.7 Å². The molecule has 0 N–H and O–H groups in total. The van der Waals surface area contributed by atoms with Crippen LogP contribution in [0, 0.1) is 11.6 Å². The second-order valence-electron chi connectivity index (χ2n) is 5.06. The fourth-order valence-corrected chi connectivity index (χ4v) is 2.50. The average Bonchev–Trinajstić information content (AvgIpc) is 2.34. The molecular weight excluding hydrogens is 252 g/mol. The average molecular weight is 269 g/mol. The number of anilines is 1. The van der Waals surface area contributed by atoms with Gasteiger partial charge in [-0.25, -0.2) is 8.78 Å². The van der Waals surface area contributed by atoms with Gasteiger partial charge in [0.1, 0.15) is 17.5 Å². The van der Waals surface area contributed by atoms with Gasteiger partial charge in [-0.3, -0.25) is 0 Å². The van der Waals surface area contributed by atoms with E-state index >= 15 is 0 Å². The first-order chi connectivity index (χ1) is 9.24. The van der Waals surface area contributed by atoms with Crippen molar-refractivity contribution < 1.29 is 18.3 Å². The number of rotatable bonds is 3. The number of halogens is 2. The molecule has 2 aliphatic rings. The molecule has 2 aliphatic heterocycles. The maximum atomic E-state index is 14.1. The fourth-order valence-electron chi connectivity index (χ4n) is 2.50. The minimum Gasteiger partial charge on any atom is -0.485 e. The van der Waals surface area contributed by atoms with Gasteiger partial charge < -0.3 is 14.4 Å². The van der Waals surface area contributed by atoms with Gasteiger partial charge in [0, 0.05) is 25.2 Å². The Hall–Kier alpha value is -1.36. The number of piperidine rings is 1. The van der Waals surface area contributed by atoms with Gasteiger partial charge in [-0.15, -0.1) is 0 Å². The van der Waals surface area contributed by atoms with Crippen LogP contribution in [-0.4, -0.2) is 32.4 Å². The summed E-state index contributed by atoms with van der Waals surface area (Å²) in [6, 6.07) is 2.54. The van der Waals surface area contributed by atoms with Gasteiger partial charge in [-0.1, -0.05) is 0 Å². The van der Waals surface area contributed by atoms with Crippen LogP contribution in [0.25, 0.3) is 0 Å². The quantitative estimate of drug-likeness (QED) is 0.842.